The molecule has 8 nitrogen and oxygen atoms in total. The molecule has 4 rings (SSSR count). The molecule has 1 aliphatic heterocycles. The molecular weight excluding hydrogens is 453 g/mol. The van der Waals surface area contributed by atoms with Crippen LogP contribution in [-0.2, 0) is 11.0 Å². The number of aliphatic carboxylic acids is 1. The van der Waals surface area contributed by atoms with Crippen molar-refractivity contribution in [2.24, 2.45) is 5.92 Å². The van der Waals surface area contributed by atoms with E-state index in [9.17, 15) is 33.0 Å². The van der Waals surface area contributed by atoms with Gasteiger partial charge in [-0.05, 0) is 30.7 Å². The number of carboxylic acids is 1. The van der Waals surface area contributed by atoms with Crippen LogP contribution in [0.3, 0.4) is 0 Å². The van der Waals surface area contributed by atoms with Gasteiger partial charge < -0.3 is 15.1 Å². The first-order valence-electron chi connectivity index (χ1n) is 9.49. The lowest BCUT2D eigenvalue weighted by molar-refractivity contribution is -0.146. The second-order valence-corrected chi connectivity index (χ2v) is 7.73. The van der Waals surface area contributed by atoms with Crippen molar-refractivity contribution in [2.45, 2.75) is 18.7 Å². The second-order valence-electron chi connectivity index (χ2n) is 7.32. The van der Waals surface area contributed by atoms with E-state index in [4.69, 9.17) is 11.6 Å². The van der Waals surface area contributed by atoms with Gasteiger partial charge >= 0.3 is 12.1 Å². The van der Waals surface area contributed by atoms with E-state index in [0.717, 1.165) is 16.8 Å². The van der Waals surface area contributed by atoms with Crippen LogP contribution in [0.5, 0.6) is 0 Å². The molecule has 32 heavy (non-hydrogen) atoms. The lowest BCUT2D eigenvalue weighted by Gasteiger charge is -2.34. The minimum atomic E-state index is -4.82. The number of fused-ring (bicyclic) bond motifs is 1. The average molecular weight is 469 g/mol. The molecule has 0 amide bonds. The standard InChI is InChI=1S/C20H16ClF3N4O4/c21-12-4-1-3-11(20(22,23)24)15(12)18(30)28-13-5-2-7-25-16(13)17(26-28)27-8-6-10(19(31)32)14(29)9-27/h1-5,7,10,14,29H,6,8-9H2,(H,31,32). The number of benzene rings is 1. The third-order valence-corrected chi connectivity index (χ3v) is 5.66. The number of carbonyl (C=O) groups is 2. The van der Waals surface area contributed by atoms with Gasteiger partial charge in [-0.1, -0.05) is 17.7 Å². The Kier molecular flexibility index (Phi) is 5.55. The summed E-state index contributed by atoms with van der Waals surface area (Å²) in [5, 5.41) is 23.2. The number of alkyl halides is 3. The van der Waals surface area contributed by atoms with Crippen molar-refractivity contribution in [1.82, 2.24) is 14.8 Å². The number of pyridine rings is 1. The normalized spacial score (nSPS) is 19.3. The Balaban J connectivity index is 1.80. The molecule has 2 N–H and O–H groups in total. The quantitative estimate of drug-likeness (QED) is 0.608. The number of hydrogen-bond donors (Lipinski definition) is 2. The Hall–Kier alpha value is -3.18. The summed E-state index contributed by atoms with van der Waals surface area (Å²) in [4.78, 5) is 30.2. The van der Waals surface area contributed by atoms with Crippen LogP contribution in [0.1, 0.15) is 22.3 Å². The maximum absolute atomic E-state index is 13.5. The molecule has 0 aliphatic carbocycles. The lowest BCUT2D eigenvalue weighted by atomic mass is 9.94. The van der Waals surface area contributed by atoms with Crippen molar-refractivity contribution in [1.29, 1.82) is 0 Å². The first-order valence-corrected chi connectivity index (χ1v) is 9.87. The summed E-state index contributed by atoms with van der Waals surface area (Å²) in [5.74, 6) is -3.02. The molecule has 2 aromatic heterocycles. The maximum atomic E-state index is 13.5. The number of carboxylic acid groups (broad SMARTS) is 1. The van der Waals surface area contributed by atoms with Crippen molar-refractivity contribution in [3.8, 4) is 0 Å². The Morgan fingerprint density at radius 2 is 1.94 bits per heavy atom. The Morgan fingerprint density at radius 1 is 1.19 bits per heavy atom. The molecule has 12 heteroatoms. The number of nitrogens with zero attached hydrogens (tertiary/aromatic N) is 4. The highest BCUT2D eigenvalue weighted by atomic mass is 35.5. The zero-order valence-electron chi connectivity index (χ0n) is 16.3. The van der Waals surface area contributed by atoms with Crippen molar-refractivity contribution in [2.75, 3.05) is 18.0 Å². The first-order chi connectivity index (χ1) is 15.1. The summed E-state index contributed by atoms with van der Waals surface area (Å²) in [7, 11) is 0. The number of rotatable bonds is 3. The smallest absolute Gasteiger partial charge is 0.417 e. The predicted octanol–water partition coefficient (Wildman–Crippen LogP) is 3.06. The molecule has 1 aliphatic rings. The van der Waals surface area contributed by atoms with Crippen molar-refractivity contribution < 1.29 is 33.0 Å². The number of aromatic nitrogens is 3. The largest absolute Gasteiger partial charge is 0.481 e. The van der Waals surface area contributed by atoms with Crippen LogP contribution in [0, 0.1) is 5.92 Å². The SMILES string of the molecule is O=C(O)C1CCN(c2nn(C(=O)c3c(Cl)cccc3C(F)(F)F)c3cccnc23)CC1O. The molecule has 2 atom stereocenters. The highest BCUT2D eigenvalue weighted by Gasteiger charge is 2.38. The first kappa shape index (κ1) is 22.0. The van der Waals surface area contributed by atoms with E-state index < -0.39 is 41.2 Å². The fraction of sp³-hybridized carbons (Fsp3) is 0.300. The molecule has 1 aromatic carbocycles. The van der Waals surface area contributed by atoms with Gasteiger partial charge in [0.15, 0.2) is 5.82 Å². The van der Waals surface area contributed by atoms with Gasteiger partial charge in [-0.2, -0.15) is 17.9 Å². The highest BCUT2D eigenvalue weighted by Crippen LogP contribution is 2.36. The Bertz CT molecular complexity index is 1210. The van der Waals surface area contributed by atoms with E-state index in [0.29, 0.717) is 0 Å². The van der Waals surface area contributed by atoms with Gasteiger partial charge in [-0.25, -0.2) is 0 Å². The molecule has 1 saturated heterocycles. The molecule has 0 radical (unpaired) electrons. The number of carbonyl (C=O) groups excluding carboxylic acids is 1. The van der Waals surface area contributed by atoms with Gasteiger partial charge in [-0.3, -0.25) is 14.6 Å². The zero-order valence-corrected chi connectivity index (χ0v) is 17.0. The van der Waals surface area contributed by atoms with E-state index in [1.165, 1.54) is 24.4 Å². The van der Waals surface area contributed by atoms with E-state index in [2.05, 4.69) is 10.1 Å². The molecule has 0 saturated carbocycles. The number of aliphatic hydroxyl groups excluding tert-OH is 1. The van der Waals surface area contributed by atoms with Crippen LogP contribution in [0.25, 0.3) is 11.0 Å². The second kappa shape index (κ2) is 8.06. The van der Waals surface area contributed by atoms with Gasteiger partial charge in [0.1, 0.15) is 5.52 Å². The summed E-state index contributed by atoms with van der Waals surface area (Å²) < 4.78 is 41.4. The van der Waals surface area contributed by atoms with E-state index in [1.54, 1.807) is 4.90 Å². The number of anilines is 1. The zero-order chi connectivity index (χ0) is 23.2. The molecular formula is C20H16ClF3N4O4. The van der Waals surface area contributed by atoms with Crippen LogP contribution in [0.2, 0.25) is 5.02 Å². The fourth-order valence-corrected chi connectivity index (χ4v) is 4.05. The third-order valence-electron chi connectivity index (χ3n) is 5.35. The number of aliphatic hydroxyl groups is 1. The lowest BCUT2D eigenvalue weighted by Crippen LogP contribution is -2.47. The van der Waals surface area contributed by atoms with Gasteiger partial charge in [0.05, 0.1) is 33.7 Å². The van der Waals surface area contributed by atoms with Crippen LogP contribution >= 0.6 is 11.6 Å². The molecule has 2 unspecified atom stereocenters. The highest BCUT2D eigenvalue weighted by molar-refractivity contribution is 6.34. The number of piperidine rings is 1. The molecule has 3 heterocycles. The van der Waals surface area contributed by atoms with Crippen LogP contribution in [0.4, 0.5) is 19.0 Å². The van der Waals surface area contributed by atoms with E-state index in [-0.39, 0.29) is 41.4 Å². The summed E-state index contributed by atoms with van der Waals surface area (Å²) in [6.45, 7) is 0.110. The molecule has 0 spiro atoms. The minimum Gasteiger partial charge on any atom is -0.481 e. The topological polar surface area (TPSA) is 109 Å². The number of halogens is 4. The number of hydrogen-bond acceptors (Lipinski definition) is 6. The summed E-state index contributed by atoms with van der Waals surface area (Å²) in [6, 6.07) is 6.02. The number of β-amino-alcohol motifs (C(OH)–C–C–N with tert-alkyl or cyclic N) is 1. The van der Waals surface area contributed by atoms with Crippen LogP contribution in [0.15, 0.2) is 36.5 Å². The van der Waals surface area contributed by atoms with Gasteiger partial charge in [0.2, 0.25) is 0 Å². The summed E-state index contributed by atoms with van der Waals surface area (Å²) in [5.41, 5.74) is -1.56. The van der Waals surface area contributed by atoms with E-state index in [1.807, 2.05) is 0 Å². The van der Waals surface area contributed by atoms with Crippen molar-refractivity contribution >= 4 is 40.3 Å². The third kappa shape index (κ3) is 3.78. The van der Waals surface area contributed by atoms with Gasteiger partial charge in [0.25, 0.3) is 5.91 Å². The summed E-state index contributed by atoms with van der Waals surface area (Å²) >= 11 is 5.98. The van der Waals surface area contributed by atoms with Crippen molar-refractivity contribution in [3.05, 3.63) is 52.7 Å². The molecule has 0 bridgehead atoms. The van der Waals surface area contributed by atoms with Crippen LogP contribution in [-0.4, -0.2) is 56.0 Å². The average Bonchev–Trinajstić information content (AvgIpc) is 3.12. The predicted molar refractivity (Wildman–Crippen MR) is 108 cm³/mol. The van der Waals surface area contributed by atoms with Gasteiger partial charge in [-0.15, -0.1) is 5.10 Å². The van der Waals surface area contributed by atoms with Crippen LogP contribution < -0.4 is 4.90 Å². The minimum absolute atomic E-state index is 0.0895. The van der Waals surface area contributed by atoms with Gasteiger partial charge in [0, 0.05) is 19.3 Å². The molecule has 1 fully saturated rings. The van der Waals surface area contributed by atoms with E-state index >= 15 is 0 Å². The Labute approximate surface area is 183 Å². The maximum Gasteiger partial charge on any atom is 0.417 e. The monoisotopic (exact) mass is 468 g/mol. The van der Waals surface area contributed by atoms with Crippen molar-refractivity contribution in [3.63, 3.8) is 0 Å². The fourth-order valence-electron chi connectivity index (χ4n) is 3.80. The Morgan fingerprint density at radius 3 is 2.59 bits per heavy atom. The molecule has 3 aromatic rings. The summed E-state index contributed by atoms with van der Waals surface area (Å²) in [6.07, 6.45) is -4.46. The molecule has 168 valence electrons.